The number of rotatable bonds is 5. The van der Waals surface area contributed by atoms with Gasteiger partial charge in [-0.1, -0.05) is 11.6 Å². The zero-order valence-electron chi connectivity index (χ0n) is 14.1. The minimum absolute atomic E-state index is 0.0410. The molecule has 1 aliphatic rings. The molecule has 1 atom stereocenters. The maximum atomic E-state index is 12.3. The van der Waals surface area contributed by atoms with E-state index in [4.69, 9.17) is 16.0 Å². The molecule has 0 saturated carbocycles. The van der Waals surface area contributed by atoms with Crippen LogP contribution in [0.4, 0.5) is 11.4 Å². The van der Waals surface area contributed by atoms with Gasteiger partial charge in [-0.25, -0.2) is 0 Å². The van der Waals surface area contributed by atoms with E-state index in [0.717, 1.165) is 6.42 Å². The van der Waals surface area contributed by atoms with Gasteiger partial charge in [0.2, 0.25) is 11.8 Å². The smallest absolute Gasteiger partial charge is 0.255 e. The molecule has 136 valence electrons. The lowest BCUT2D eigenvalue weighted by molar-refractivity contribution is -0.118. The highest BCUT2D eigenvalue weighted by Crippen LogP contribution is 2.31. The van der Waals surface area contributed by atoms with Crippen LogP contribution in [0.3, 0.4) is 0 Å². The zero-order valence-corrected chi connectivity index (χ0v) is 14.9. The minimum atomic E-state index is -0.754. The summed E-state index contributed by atoms with van der Waals surface area (Å²) in [4.78, 5) is 37.7. The number of carbonyl (C=O) groups excluding carboxylic acids is 3. The van der Waals surface area contributed by atoms with Gasteiger partial charge in [0.1, 0.15) is 12.3 Å². The van der Waals surface area contributed by atoms with Crippen LogP contribution in [0.25, 0.3) is 0 Å². The maximum absolute atomic E-state index is 12.3. The third-order valence-electron chi connectivity index (χ3n) is 4.10. The number of hydrogen-bond donors (Lipinski definition) is 2. The maximum Gasteiger partial charge on any atom is 0.255 e. The van der Waals surface area contributed by atoms with Gasteiger partial charge in [-0.05, 0) is 37.6 Å². The number of carbonyl (C=O) groups is 3. The Morgan fingerprint density at radius 1 is 1.31 bits per heavy atom. The first-order valence-corrected chi connectivity index (χ1v) is 8.57. The van der Waals surface area contributed by atoms with E-state index in [1.807, 2.05) is 0 Å². The molecule has 0 spiro atoms. The highest BCUT2D eigenvalue weighted by molar-refractivity contribution is 6.34. The van der Waals surface area contributed by atoms with Gasteiger partial charge in [0, 0.05) is 18.7 Å². The molecule has 8 heteroatoms. The second-order valence-electron chi connectivity index (χ2n) is 6.01. The number of halogens is 1. The van der Waals surface area contributed by atoms with Crippen LogP contribution >= 0.6 is 11.6 Å². The second kappa shape index (κ2) is 7.61. The Kier molecular flexibility index (Phi) is 5.27. The summed E-state index contributed by atoms with van der Waals surface area (Å²) >= 11 is 6.26. The summed E-state index contributed by atoms with van der Waals surface area (Å²) in [7, 11) is 0. The molecular weight excluding hydrogens is 358 g/mol. The number of nitrogens with zero attached hydrogens (tertiary/aromatic N) is 1. The number of hydrogen-bond acceptors (Lipinski definition) is 4. The van der Waals surface area contributed by atoms with Gasteiger partial charge in [0.15, 0.2) is 0 Å². The lowest BCUT2D eigenvalue weighted by atomic mass is 10.2. The molecule has 1 aromatic heterocycles. The van der Waals surface area contributed by atoms with Gasteiger partial charge in [-0.2, -0.15) is 0 Å². The van der Waals surface area contributed by atoms with Crippen molar-refractivity contribution in [2.45, 2.75) is 25.8 Å². The van der Waals surface area contributed by atoms with E-state index in [9.17, 15) is 14.4 Å². The fraction of sp³-hybridized carbons (Fsp3) is 0.278. The summed E-state index contributed by atoms with van der Waals surface area (Å²) in [5.41, 5.74) is 1.46. The molecule has 2 N–H and O–H groups in total. The van der Waals surface area contributed by atoms with E-state index in [2.05, 4.69) is 10.6 Å². The monoisotopic (exact) mass is 375 g/mol. The number of benzene rings is 1. The van der Waals surface area contributed by atoms with Gasteiger partial charge in [0.25, 0.3) is 5.91 Å². The average molecular weight is 376 g/mol. The summed E-state index contributed by atoms with van der Waals surface area (Å²) in [5.74, 6) is -0.746. The molecule has 0 bridgehead atoms. The molecule has 0 radical (unpaired) electrons. The third-order valence-corrected chi connectivity index (χ3v) is 4.41. The molecule has 26 heavy (non-hydrogen) atoms. The second-order valence-corrected chi connectivity index (χ2v) is 6.42. The van der Waals surface area contributed by atoms with Gasteiger partial charge < -0.3 is 20.0 Å². The van der Waals surface area contributed by atoms with Crippen molar-refractivity contribution in [3.05, 3.63) is 47.4 Å². The van der Waals surface area contributed by atoms with Crippen molar-refractivity contribution in [2.75, 3.05) is 16.8 Å². The Morgan fingerprint density at radius 2 is 2.12 bits per heavy atom. The van der Waals surface area contributed by atoms with Crippen molar-refractivity contribution in [1.29, 1.82) is 0 Å². The molecule has 1 fully saturated rings. The van der Waals surface area contributed by atoms with Gasteiger partial charge in [-0.3, -0.25) is 14.4 Å². The molecule has 3 amide bonds. The number of nitrogens with one attached hydrogen (secondary N) is 2. The fourth-order valence-corrected chi connectivity index (χ4v) is 2.98. The molecule has 1 aliphatic heterocycles. The average Bonchev–Trinajstić information content (AvgIpc) is 3.27. The van der Waals surface area contributed by atoms with Crippen LogP contribution in [-0.2, 0) is 9.59 Å². The molecular formula is C18H18ClN3O4. The predicted molar refractivity (Wildman–Crippen MR) is 97.3 cm³/mol. The summed E-state index contributed by atoms with van der Waals surface area (Å²) in [5, 5.41) is 5.66. The van der Waals surface area contributed by atoms with E-state index >= 15 is 0 Å². The number of furan rings is 1. The van der Waals surface area contributed by atoms with Crippen LogP contribution < -0.4 is 15.5 Å². The van der Waals surface area contributed by atoms with Crippen LogP contribution in [0.15, 0.2) is 41.2 Å². The minimum Gasteiger partial charge on any atom is -0.472 e. The number of amides is 3. The van der Waals surface area contributed by atoms with Crippen LogP contribution in [-0.4, -0.2) is 30.3 Å². The predicted octanol–water partition coefficient (Wildman–Crippen LogP) is 2.82. The summed E-state index contributed by atoms with van der Waals surface area (Å²) in [6.45, 7) is 2.22. The number of anilines is 2. The fourth-order valence-electron chi connectivity index (χ4n) is 2.70. The van der Waals surface area contributed by atoms with Crippen molar-refractivity contribution in [2.24, 2.45) is 0 Å². The van der Waals surface area contributed by atoms with Crippen molar-refractivity contribution in [3.63, 3.8) is 0 Å². The van der Waals surface area contributed by atoms with Crippen LogP contribution in [0.5, 0.6) is 0 Å². The molecule has 3 rings (SSSR count). The van der Waals surface area contributed by atoms with Crippen molar-refractivity contribution in [3.8, 4) is 0 Å². The van der Waals surface area contributed by atoms with Crippen LogP contribution in [0, 0.1) is 0 Å². The summed E-state index contributed by atoms with van der Waals surface area (Å²) in [6, 6.07) is 5.73. The quantitative estimate of drug-likeness (QED) is 0.840. The highest BCUT2D eigenvalue weighted by atomic mass is 35.5. The van der Waals surface area contributed by atoms with Gasteiger partial charge in [0.05, 0.1) is 22.5 Å². The van der Waals surface area contributed by atoms with Gasteiger partial charge in [-0.15, -0.1) is 0 Å². The Balaban J connectivity index is 1.63. The SMILES string of the molecule is CC(NC(=O)c1ccoc1)C(=O)Nc1ccc(N2CCCC2=O)c(Cl)c1. The summed E-state index contributed by atoms with van der Waals surface area (Å²) < 4.78 is 4.84. The van der Waals surface area contributed by atoms with Crippen molar-refractivity contribution in [1.82, 2.24) is 5.32 Å². The molecule has 1 aromatic carbocycles. The first-order chi connectivity index (χ1) is 12.5. The highest BCUT2D eigenvalue weighted by Gasteiger charge is 2.24. The van der Waals surface area contributed by atoms with E-state index < -0.39 is 11.9 Å². The topological polar surface area (TPSA) is 91.7 Å². The Morgan fingerprint density at radius 3 is 2.73 bits per heavy atom. The van der Waals surface area contributed by atoms with Crippen molar-refractivity contribution < 1.29 is 18.8 Å². The van der Waals surface area contributed by atoms with E-state index in [1.165, 1.54) is 18.6 Å². The normalized spacial score (nSPS) is 15.0. The zero-order chi connectivity index (χ0) is 18.7. The lowest BCUT2D eigenvalue weighted by Crippen LogP contribution is -2.41. The molecule has 0 aliphatic carbocycles. The molecule has 1 unspecified atom stereocenters. The largest absolute Gasteiger partial charge is 0.472 e. The molecule has 1 saturated heterocycles. The standard InChI is InChI=1S/C18H18ClN3O4/c1-11(20-18(25)12-6-8-26-10-12)17(24)21-13-4-5-15(14(19)9-13)22-7-2-3-16(22)23/h4-6,8-11H,2-3,7H2,1H3,(H,20,25)(H,21,24). The first kappa shape index (κ1) is 18.0. The molecule has 2 heterocycles. The van der Waals surface area contributed by atoms with Crippen LogP contribution in [0.2, 0.25) is 5.02 Å². The molecule has 7 nitrogen and oxygen atoms in total. The Bertz CT molecular complexity index is 835. The Hall–Kier alpha value is -2.80. The molecule has 2 aromatic rings. The third kappa shape index (κ3) is 3.88. The van der Waals surface area contributed by atoms with E-state index in [-0.39, 0.29) is 11.8 Å². The Labute approximate surface area is 155 Å². The summed E-state index contributed by atoms with van der Waals surface area (Å²) in [6.07, 6.45) is 4.01. The van der Waals surface area contributed by atoms with Gasteiger partial charge >= 0.3 is 0 Å². The van der Waals surface area contributed by atoms with E-state index in [0.29, 0.717) is 34.9 Å². The van der Waals surface area contributed by atoms with Crippen molar-refractivity contribution >= 4 is 40.7 Å². The van der Waals surface area contributed by atoms with E-state index in [1.54, 1.807) is 30.0 Å². The van der Waals surface area contributed by atoms with Crippen LogP contribution in [0.1, 0.15) is 30.1 Å². The first-order valence-electron chi connectivity index (χ1n) is 8.19. The lowest BCUT2D eigenvalue weighted by Gasteiger charge is -2.19.